The molecule has 1 aromatic heterocycles. The Bertz CT molecular complexity index is 338. The summed E-state index contributed by atoms with van der Waals surface area (Å²) in [6.45, 7) is 1.19. The lowest BCUT2D eigenvalue weighted by atomic mass is 10.5. The van der Waals surface area contributed by atoms with Gasteiger partial charge in [0, 0.05) is 20.1 Å². The van der Waals surface area contributed by atoms with Crippen molar-refractivity contribution in [2.75, 3.05) is 25.0 Å². The van der Waals surface area contributed by atoms with Crippen LogP contribution in [0.2, 0.25) is 0 Å². The predicted molar refractivity (Wildman–Crippen MR) is 54.9 cm³/mol. The van der Waals surface area contributed by atoms with Gasteiger partial charge in [-0.1, -0.05) is 0 Å². The number of halogens is 1. The second-order valence-electron chi connectivity index (χ2n) is 2.58. The summed E-state index contributed by atoms with van der Waals surface area (Å²) in [6, 6.07) is 0. The Hall–Kier alpha value is -0.880. The zero-order valence-electron chi connectivity index (χ0n) is 7.25. The number of nitrogens with one attached hydrogen (secondary N) is 1. The van der Waals surface area contributed by atoms with E-state index in [1.807, 2.05) is 11.9 Å². The van der Waals surface area contributed by atoms with Crippen LogP contribution in [0.25, 0.3) is 0 Å². The van der Waals surface area contributed by atoms with Gasteiger partial charge in [-0.3, -0.25) is 4.79 Å². The quantitative estimate of drug-likeness (QED) is 0.783. The Morgan fingerprint density at radius 1 is 1.77 bits per heavy atom. The van der Waals surface area contributed by atoms with Crippen molar-refractivity contribution in [3.63, 3.8) is 0 Å². The highest BCUT2D eigenvalue weighted by Crippen LogP contribution is 2.16. The van der Waals surface area contributed by atoms with E-state index in [1.54, 1.807) is 0 Å². The van der Waals surface area contributed by atoms with Gasteiger partial charge in [0.2, 0.25) is 0 Å². The summed E-state index contributed by atoms with van der Waals surface area (Å²) in [5.41, 5.74) is 5.20. The molecular weight excluding hydrogens is 236 g/mol. The molecule has 0 aromatic carbocycles. The smallest absolute Gasteiger partial charge is 0.267 e. The number of H-pyrrole nitrogens is 1. The molecule has 3 N–H and O–H groups in total. The Morgan fingerprint density at radius 2 is 2.46 bits per heavy atom. The maximum Gasteiger partial charge on any atom is 0.267 e. The zero-order valence-corrected chi connectivity index (χ0v) is 8.84. The highest BCUT2D eigenvalue weighted by Gasteiger charge is 2.08. The molecule has 0 aliphatic carbocycles. The fourth-order valence-electron chi connectivity index (χ4n) is 0.939. The molecule has 0 saturated carbocycles. The van der Waals surface area contributed by atoms with Crippen LogP contribution >= 0.6 is 15.9 Å². The number of anilines is 1. The van der Waals surface area contributed by atoms with Gasteiger partial charge in [0.05, 0.1) is 6.33 Å². The monoisotopic (exact) mass is 246 g/mol. The van der Waals surface area contributed by atoms with Crippen LogP contribution in [0.15, 0.2) is 15.6 Å². The van der Waals surface area contributed by atoms with Gasteiger partial charge in [-0.25, -0.2) is 4.98 Å². The molecule has 5 nitrogen and oxygen atoms in total. The van der Waals surface area contributed by atoms with Gasteiger partial charge < -0.3 is 15.6 Å². The summed E-state index contributed by atoms with van der Waals surface area (Å²) in [7, 11) is 1.83. The van der Waals surface area contributed by atoms with E-state index in [0.717, 1.165) is 0 Å². The topological polar surface area (TPSA) is 75.0 Å². The van der Waals surface area contributed by atoms with Crippen LogP contribution in [0.5, 0.6) is 0 Å². The summed E-state index contributed by atoms with van der Waals surface area (Å²) >= 11 is 3.16. The van der Waals surface area contributed by atoms with Crippen LogP contribution in [-0.2, 0) is 0 Å². The van der Waals surface area contributed by atoms with Crippen molar-refractivity contribution in [1.29, 1.82) is 0 Å². The van der Waals surface area contributed by atoms with Crippen LogP contribution in [0.1, 0.15) is 0 Å². The molecule has 0 amide bonds. The average Bonchev–Trinajstić information content (AvgIpc) is 2.10. The van der Waals surface area contributed by atoms with Crippen LogP contribution in [0.4, 0.5) is 5.82 Å². The Balaban J connectivity index is 3.00. The van der Waals surface area contributed by atoms with Gasteiger partial charge in [-0.15, -0.1) is 0 Å². The van der Waals surface area contributed by atoms with Gasteiger partial charge in [0.1, 0.15) is 10.3 Å². The van der Waals surface area contributed by atoms with E-state index in [9.17, 15) is 4.79 Å². The summed E-state index contributed by atoms with van der Waals surface area (Å²) in [5, 5.41) is 0. The van der Waals surface area contributed by atoms with Crippen molar-refractivity contribution < 1.29 is 0 Å². The minimum atomic E-state index is -0.186. The Kier molecular flexibility index (Phi) is 3.44. The van der Waals surface area contributed by atoms with Gasteiger partial charge in [0.15, 0.2) is 0 Å². The summed E-state index contributed by atoms with van der Waals surface area (Å²) in [5.74, 6) is 0.606. The lowest BCUT2D eigenvalue weighted by Gasteiger charge is -2.17. The van der Waals surface area contributed by atoms with Crippen molar-refractivity contribution in [2.24, 2.45) is 5.73 Å². The predicted octanol–water partition coefficient (Wildman–Crippen LogP) is -0.0727. The molecule has 1 rings (SSSR count). The maximum absolute atomic E-state index is 11.1. The molecular formula is C7H11BrN4O. The number of rotatable bonds is 3. The first-order chi connectivity index (χ1) is 6.16. The highest BCUT2D eigenvalue weighted by atomic mass is 79.9. The molecule has 1 aromatic rings. The van der Waals surface area contributed by atoms with E-state index in [0.29, 0.717) is 23.4 Å². The van der Waals surface area contributed by atoms with Gasteiger partial charge in [-0.2, -0.15) is 0 Å². The first-order valence-corrected chi connectivity index (χ1v) is 4.60. The highest BCUT2D eigenvalue weighted by molar-refractivity contribution is 9.10. The number of hydrogen-bond donors (Lipinski definition) is 2. The van der Waals surface area contributed by atoms with E-state index >= 15 is 0 Å². The molecule has 0 saturated heterocycles. The third kappa shape index (κ3) is 2.28. The average molecular weight is 247 g/mol. The largest absolute Gasteiger partial charge is 0.357 e. The van der Waals surface area contributed by atoms with E-state index in [2.05, 4.69) is 25.9 Å². The lowest BCUT2D eigenvalue weighted by Crippen LogP contribution is -2.27. The van der Waals surface area contributed by atoms with Crippen molar-refractivity contribution in [1.82, 2.24) is 9.97 Å². The lowest BCUT2D eigenvalue weighted by molar-refractivity contribution is 0.857. The molecule has 0 radical (unpaired) electrons. The maximum atomic E-state index is 11.1. The SMILES string of the molecule is CN(CCN)c1nc[nH]c(=O)c1Br. The fraction of sp³-hybridized carbons (Fsp3) is 0.429. The standard InChI is InChI=1S/C7H11BrN4O/c1-12(3-2-9)6-5(8)7(13)11-4-10-6/h4H,2-3,9H2,1H3,(H,10,11,13). The van der Waals surface area contributed by atoms with E-state index in [-0.39, 0.29) is 5.56 Å². The van der Waals surface area contributed by atoms with E-state index in [4.69, 9.17) is 5.73 Å². The molecule has 0 spiro atoms. The Morgan fingerprint density at radius 3 is 3.08 bits per heavy atom. The number of aromatic nitrogens is 2. The molecule has 13 heavy (non-hydrogen) atoms. The van der Waals surface area contributed by atoms with Crippen molar-refractivity contribution >= 4 is 21.7 Å². The third-order valence-corrected chi connectivity index (χ3v) is 2.32. The normalized spacial score (nSPS) is 10.1. The summed E-state index contributed by atoms with van der Waals surface area (Å²) in [6.07, 6.45) is 1.37. The minimum absolute atomic E-state index is 0.186. The number of aromatic amines is 1. The summed E-state index contributed by atoms with van der Waals surface area (Å²) in [4.78, 5) is 19.5. The molecule has 0 aliphatic heterocycles. The van der Waals surface area contributed by atoms with Gasteiger partial charge in [-0.05, 0) is 15.9 Å². The van der Waals surface area contributed by atoms with E-state index in [1.165, 1.54) is 6.33 Å². The molecule has 72 valence electrons. The number of hydrogen-bond acceptors (Lipinski definition) is 4. The zero-order chi connectivity index (χ0) is 9.84. The minimum Gasteiger partial charge on any atom is -0.357 e. The van der Waals surface area contributed by atoms with Gasteiger partial charge >= 0.3 is 0 Å². The molecule has 0 aliphatic rings. The third-order valence-electron chi connectivity index (χ3n) is 1.60. The first-order valence-electron chi connectivity index (χ1n) is 3.81. The second kappa shape index (κ2) is 4.38. The van der Waals surface area contributed by atoms with Crippen LogP contribution in [0.3, 0.4) is 0 Å². The van der Waals surface area contributed by atoms with Crippen molar-refractivity contribution in [2.45, 2.75) is 0 Å². The molecule has 6 heteroatoms. The molecule has 0 bridgehead atoms. The van der Waals surface area contributed by atoms with Crippen LogP contribution in [-0.4, -0.2) is 30.1 Å². The number of nitrogens with zero attached hydrogens (tertiary/aromatic N) is 2. The Labute approximate surface area is 84.1 Å². The number of nitrogens with two attached hydrogens (primary N) is 1. The van der Waals surface area contributed by atoms with Crippen molar-refractivity contribution in [3.8, 4) is 0 Å². The molecule has 0 atom stereocenters. The van der Waals surface area contributed by atoms with Gasteiger partial charge in [0.25, 0.3) is 5.56 Å². The van der Waals surface area contributed by atoms with E-state index < -0.39 is 0 Å². The second-order valence-corrected chi connectivity index (χ2v) is 3.37. The van der Waals surface area contributed by atoms with Crippen LogP contribution in [0, 0.1) is 0 Å². The molecule has 0 fully saturated rings. The fourth-order valence-corrected chi connectivity index (χ4v) is 1.46. The van der Waals surface area contributed by atoms with Crippen molar-refractivity contribution in [3.05, 3.63) is 21.2 Å². The number of likely N-dealkylation sites (N-methyl/N-ethyl adjacent to an activating group) is 1. The molecule has 0 unspecified atom stereocenters. The van der Waals surface area contributed by atoms with Crippen LogP contribution < -0.4 is 16.2 Å². The molecule has 1 heterocycles. The summed E-state index contributed by atoms with van der Waals surface area (Å²) < 4.78 is 0.436. The first kappa shape index (κ1) is 10.2.